The Kier molecular flexibility index (Phi) is 26.9. The van der Waals surface area contributed by atoms with Crippen LogP contribution in [0.5, 0.6) is 0 Å². The van der Waals surface area contributed by atoms with Crippen LogP contribution in [0.25, 0.3) is 0 Å². The number of anilines is 2. The van der Waals surface area contributed by atoms with Crippen molar-refractivity contribution in [3.8, 4) is 12.3 Å². The minimum absolute atomic E-state index is 0.00391. The summed E-state index contributed by atoms with van der Waals surface area (Å²) in [6.45, 7) is 2.12. The number of carbonyl (C=O) groups is 1. The molecule has 1 aromatic heterocycles. The first-order valence-electron chi connectivity index (χ1n) is 13.1. The summed E-state index contributed by atoms with van der Waals surface area (Å²) in [7, 11) is 27.2. The molecular formula is C24H38BrCl2N3O4P14S. The van der Waals surface area contributed by atoms with Crippen LogP contribution in [0.4, 0.5) is 11.5 Å². The summed E-state index contributed by atoms with van der Waals surface area (Å²) in [5.74, 6) is 3.22. The van der Waals surface area contributed by atoms with Crippen LogP contribution in [0.1, 0.15) is 5.56 Å². The first-order valence-corrected chi connectivity index (χ1v) is 41.1. The molecule has 0 spiro atoms. The van der Waals surface area contributed by atoms with E-state index in [2.05, 4.69) is 103 Å². The smallest absolute Gasteiger partial charge is 0.312 e. The largest absolute Gasteiger partial charge is 0.469 e. The molecule has 0 saturated carbocycles. The topological polar surface area (TPSA) is 103 Å². The van der Waals surface area contributed by atoms with E-state index < -0.39 is 9.05 Å². The number of nitrogens with two attached hydrogens (primary N) is 1. The highest BCUT2D eigenvalue weighted by Crippen LogP contribution is 3.21. The van der Waals surface area contributed by atoms with Gasteiger partial charge in [0.05, 0.1) is 17.9 Å². The van der Waals surface area contributed by atoms with Gasteiger partial charge in [0.25, 0.3) is 9.05 Å². The van der Waals surface area contributed by atoms with Gasteiger partial charge in [0.1, 0.15) is 10.4 Å². The standard InChI is InChI=1S/C10H11BrN2O2.C8H7N.C6H4Cl2O2S.H16P14/c1-15-10(14)7-5-13(6-7)9-4-2-3-8(11)12-9;1-2-7-5-3-4-6-8(7)9;7-5-1-3-6(4-2-5)11(8,9)10;1-9(2)13(10(3)4)14(11(5)6)12(7)8/h2-4,7H,5-6H2,1H3;1,3-6H,9H2;1-4H;1-8H2. The van der Waals surface area contributed by atoms with E-state index in [1.54, 1.807) is 6.07 Å². The summed E-state index contributed by atoms with van der Waals surface area (Å²) in [5.41, 5.74) is 6.92. The Labute approximate surface area is 334 Å². The number of nitrogens with zero attached hydrogens (tertiary/aromatic N) is 2. The van der Waals surface area contributed by atoms with Gasteiger partial charge in [0, 0.05) is 40.0 Å². The molecule has 0 bridgehead atoms. The highest BCUT2D eigenvalue weighted by atomic mass is 79.9. The Morgan fingerprint density at radius 3 is 1.78 bits per heavy atom. The van der Waals surface area contributed by atoms with Crippen LogP contribution >= 0.6 is 152 Å². The molecule has 8 unspecified atom stereocenters. The molecule has 270 valence electrons. The number of hydrogen-bond acceptors (Lipinski definition) is 7. The fourth-order valence-corrected chi connectivity index (χ4v) is 152. The van der Waals surface area contributed by atoms with E-state index in [0.29, 0.717) is 23.8 Å². The summed E-state index contributed by atoms with van der Waals surface area (Å²) in [4.78, 5) is 17.6. The summed E-state index contributed by atoms with van der Waals surface area (Å²) >= 11 is 8.84. The number of pyridine rings is 1. The number of nitrogen functional groups attached to an aromatic ring is 1. The number of aromatic nitrogens is 1. The molecule has 1 fully saturated rings. The molecule has 1 aliphatic rings. The van der Waals surface area contributed by atoms with Crippen molar-refractivity contribution in [3.05, 3.63) is 81.9 Å². The highest BCUT2D eigenvalue weighted by Gasteiger charge is 2.34. The molecule has 3 aromatic rings. The van der Waals surface area contributed by atoms with Gasteiger partial charge in [0.15, 0.2) is 0 Å². The Hall–Kier alpha value is 3.25. The molecule has 25 heteroatoms. The molecule has 0 aliphatic carbocycles. The summed E-state index contributed by atoms with van der Waals surface area (Å²) < 4.78 is 26.8. The Bertz CT molecular complexity index is 1590. The van der Waals surface area contributed by atoms with Crippen molar-refractivity contribution in [1.82, 2.24) is 4.98 Å². The maximum Gasteiger partial charge on any atom is 0.312 e. The molecule has 49 heavy (non-hydrogen) atoms. The number of carbonyl (C=O) groups excluding carboxylic acids is 1. The van der Waals surface area contributed by atoms with Crippen molar-refractivity contribution < 1.29 is 17.9 Å². The maximum atomic E-state index is 11.2. The third kappa shape index (κ3) is 19.3. The second-order valence-corrected chi connectivity index (χ2v) is 66.4. The van der Waals surface area contributed by atoms with E-state index in [9.17, 15) is 13.2 Å². The minimum atomic E-state index is -3.61. The van der Waals surface area contributed by atoms with Crippen LogP contribution in [0, 0.1) is 18.3 Å². The van der Waals surface area contributed by atoms with E-state index in [4.69, 9.17) is 34.4 Å². The van der Waals surface area contributed by atoms with Gasteiger partial charge in [-0.05, 0) is 106 Å². The van der Waals surface area contributed by atoms with Gasteiger partial charge in [-0.25, -0.2) is 13.4 Å². The zero-order valence-electron chi connectivity index (χ0n) is 25.9. The molecule has 4 rings (SSSR count). The lowest BCUT2D eigenvalue weighted by molar-refractivity contribution is -0.146. The van der Waals surface area contributed by atoms with Gasteiger partial charge in [-0.1, -0.05) is 35.7 Å². The molecule has 2 heterocycles. The average molecular weight is 1050 g/mol. The summed E-state index contributed by atoms with van der Waals surface area (Å²) in [6.07, 6.45) is 5.12. The van der Waals surface area contributed by atoms with E-state index in [0.717, 1.165) is 16.0 Å². The predicted octanol–water partition coefficient (Wildman–Crippen LogP) is 12.7. The highest BCUT2D eigenvalue weighted by molar-refractivity contribution is 9.27. The van der Waals surface area contributed by atoms with Gasteiger partial charge >= 0.3 is 5.97 Å². The number of para-hydroxylation sites is 1. The number of ether oxygens (including phenoxy) is 1. The van der Waals surface area contributed by atoms with Crippen LogP contribution in [0.3, 0.4) is 0 Å². The normalized spacial score (nSPS) is 12.8. The molecule has 1 aliphatic heterocycles. The molecule has 2 aromatic carbocycles. The number of terminal acetylenes is 1. The molecule has 1 saturated heterocycles. The van der Waals surface area contributed by atoms with Crippen molar-refractivity contribution in [3.63, 3.8) is 0 Å². The SMILES string of the molecule is C#Cc1ccccc1N.COC(=O)C1CN(c2cccc(Br)n2)C1.O=S(=O)(Cl)c1ccc(Cl)cc1.PP(P)P(P(P)P)P(P(P)P)P(P)P. The zero-order chi connectivity index (χ0) is 37.5. The van der Waals surface area contributed by atoms with Crippen molar-refractivity contribution >= 4 is 178 Å². The lowest BCUT2D eigenvalue weighted by Crippen LogP contribution is -2.51. The zero-order valence-corrected chi connectivity index (χ0v) is 44.4. The van der Waals surface area contributed by atoms with Gasteiger partial charge in [0.2, 0.25) is 0 Å². The summed E-state index contributed by atoms with van der Waals surface area (Å²) in [5, 5.41) is 0.481. The average Bonchev–Trinajstić information content (AvgIpc) is 2.99. The van der Waals surface area contributed by atoms with E-state index in [1.165, 1.54) is 31.4 Å². The Morgan fingerprint density at radius 1 is 0.918 bits per heavy atom. The second-order valence-electron chi connectivity index (χ2n) is 9.12. The van der Waals surface area contributed by atoms with Crippen LogP contribution in [-0.4, -0.2) is 39.6 Å². The Morgan fingerprint density at radius 2 is 1.41 bits per heavy atom. The fourth-order valence-electron chi connectivity index (χ4n) is 3.39. The molecule has 0 radical (unpaired) electrons. The van der Waals surface area contributed by atoms with Gasteiger partial charge in [-0.2, -0.15) is 0 Å². The van der Waals surface area contributed by atoms with E-state index in [1.807, 2.05) is 41.3 Å². The quantitative estimate of drug-likeness (QED) is 0.0599. The van der Waals surface area contributed by atoms with Crippen LogP contribution in [0.15, 0.2) is 76.2 Å². The third-order valence-corrected chi connectivity index (χ3v) is 86.6. The molecule has 7 nitrogen and oxygen atoms in total. The van der Waals surface area contributed by atoms with Crippen molar-refractivity contribution in [2.24, 2.45) is 5.92 Å². The number of methoxy groups -OCH3 is 1. The monoisotopic (exact) mass is 1050 g/mol. The minimum Gasteiger partial charge on any atom is -0.469 e. The van der Waals surface area contributed by atoms with Crippen molar-refractivity contribution in [2.45, 2.75) is 4.90 Å². The molecule has 2 N–H and O–H groups in total. The number of hydrogen-bond donors (Lipinski definition) is 1. The maximum absolute atomic E-state index is 11.2. The van der Waals surface area contributed by atoms with Crippen molar-refractivity contribution in [2.75, 3.05) is 30.8 Å². The second kappa shape index (κ2) is 26.2. The summed E-state index contributed by atoms with van der Waals surface area (Å²) in [6, 6.07) is 18.7. The van der Waals surface area contributed by atoms with Gasteiger partial charge < -0.3 is 15.4 Å². The Balaban J connectivity index is 0.000000332. The van der Waals surface area contributed by atoms with E-state index in [-0.39, 0.29) is 58.7 Å². The van der Waals surface area contributed by atoms with Crippen LogP contribution in [0.2, 0.25) is 5.02 Å². The van der Waals surface area contributed by atoms with Gasteiger partial charge in [-0.15, -0.1) is 77.9 Å². The lowest BCUT2D eigenvalue weighted by Gasteiger charge is -2.38. The number of halogens is 3. The lowest BCUT2D eigenvalue weighted by atomic mass is 10.0. The first-order chi connectivity index (χ1) is 22.8. The van der Waals surface area contributed by atoms with Crippen molar-refractivity contribution in [1.29, 1.82) is 0 Å². The number of esters is 1. The number of benzene rings is 2. The van der Waals surface area contributed by atoms with Crippen LogP contribution < -0.4 is 10.6 Å². The third-order valence-electron chi connectivity index (χ3n) is 5.64. The number of rotatable bonds is 8. The molecular weight excluding hydrogens is 1010 g/mol. The first kappa shape index (κ1) is 50.3. The fraction of sp³-hybridized carbons (Fsp3) is 0.167. The van der Waals surface area contributed by atoms with Gasteiger partial charge in [-0.3, -0.25) is 4.79 Å². The molecule has 8 atom stereocenters. The predicted molar refractivity (Wildman–Crippen MR) is 262 cm³/mol. The van der Waals surface area contributed by atoms with Crippen LogP contribution in [-0.2, 0) is 18.6 Å². The molecule has 0 amide bonds. The van der Waals surface area contributed by atoms with E-state index >= 15 is 0 Å².